The maximum Gasteiger partial charge on any atom is 0.308 e. The number of nitrogens with one attached hydrogen (secondary N) is 1. The molecule has 0 bridgehead atoms. The summed E-state index contributed by atoms with van der Waals surface area (Å²) in [5, 5.41) is 11.5. The van der Waals surface area contributed by atoms with Gasteiger partial charge in [-0.05, 0) is 37.1 Å². The number of hydrogen-bond acceptors (Lipinski definition) is 3. The van der Waals surface area contributed by atoms with Gasteiger partial charge in [-0.25, -0.2) is 0 Å². The highest BCUT2D eigenvalue weighted by molar-refractivity contribution is 9.10. The summed E-state index contributed by atoms with van der Waals surface area (Å²) >= 11 is 3.34. The number of aliphatic carboxylic acids is 1. The molecule has 5 nitrogen and oxygen atoms in total. The molecule has 0 fully saturated rings. The molecule has 1 amide bonds. The van der Waals surface area contributed by atoms with Crippen LogP contribution in [-0.4, -0.2) is 30.1 Å². The van der Waals surface area contributed by atoms with Gasteiger partial charge in [-0.15, -0.1) is 0 Å². The average Bonchev–Trinajstić information content (AvgIpc) is 2.45. The largest absolute Gasteiger partial charge is 0.494 e. The van der Waals surface area contributed by atoms with E-state index in [1.54, 1.807) is 6.92 Å². The second kappa shape index (κ2) is 9.39. The van der Waals surface area contributed by atoms with Crippen molar-refractivity contribution in [2.24, 2.45) is 5.92 Å². The number of carbonyl (C=O) groups is 2. The second-order valence-electron chi connectivity index (χ2n) is 4.65. The van der Waals surface area contributed by atoms with Gasteiger partial charge < -0.3 is 15.2 Å². The van der Waals surface area contributed by atoms with Crippen LogP contribution in [0.5, 0.6) is 5.75 Å². The Labute approximate surface area is 132 Å². The lowest BCUT2D eigenvalue weighted by Gasteiger charge is -2.11. The van der Waals surface area contributed by atoms with Crippen LogP contribution in [0.3, 0.4) is 0 Å². The van der Waals surface area contributed by atoms with E-state index in [9.17, 15) is 9.59 Å². The number of rotatable bonds is 9. The SMILES string of the molecule is CCC(CNC(=O)CCCOc1ccc(Br)cc1)C(=O)O. The molecule has 1 unspecified atom stereocenters. The molecule has 6 heteroatoms. The van der Waals surface area contributed by atoms with E-state index in [0.717, 1.165) is 10.2 Å². The summed E-state index contributed by atoms with van der Waals surface area (Å²) in [7, 11) is 0. The van der Waals surface area contributed by atoms with E-state index in [4.69, 9.17) is 9.84 Å². The summed E-state index contributed by atoms with van der Waals surface area (Å²) in [4.78, 5) is 22.4. The van der Waals surface area contributed by atoms with Gasteiger partial charge in [0, 0.05) is 17.4 Å². The quantitative estimate of drug-likeness (QED) is 0.666. The van der Waals surface area contributed by atoms with Crippen molar-refractivity contribution in [3.8, 4) is 5.75 Å². The van der Waals surface area contributed by atoms with E-state index in [0.29, 0.717) is 25.9 Å². The van der Waals surface area contributed by atoms with Crippen molar-refractivity contribution < 1.29 is 19.4 Å². The van der Waals surface area contributed by atoms with Crippen molar-refractivity contribution in [3.63, 3.8) is 0 Å². The van der Waals surface area contributed by atoms with Gasteiger partial charge in [0.1, 0.15) is 5.75 Å². The lowest BCUT2D eigenvalue weighted by molar-refractivity contribution is -0.141. The molecule has 0 aliphatic rings. The molecule has 1 rings (SSSR count). The standard InChI is InChI=1S/C15H20BrNO4/c1-2-11(15(19)20)10-17-14(18)4-3-9-21-13-7-5-12(16)6-8-13/h5-8,11H,2-4,9-10H2,1H3,(H,17,18)(H,19,20). The predicted molar refractivity (Wildman–Crippen MR) is 83.3 cm³/mol. The maximum atomic E-state index is 11.6. The first-order chi connectivity index (χ1) is 10.0. The number of carboxylic acids is 1. The first kappa shape index (κ1) is 17.5. The van der Waals surface area contributed by atoms with Crippen LogP contribution in [0.15, 0.2) is 28.7 Å². The first-order valence-corrected chi connectivity index (χ1v) is 7.70. The summed E-state index contributed by atoms with van der Waals surface area (Å²) in [5.74, 6) is -0.783. The molecule has 0 saturated heterocycles. The van der Waals surface area contributed by atoms with E-state index in [1.165, 1.54) is 0 Å². The second-order valence-corrected chi connectivity index (χ2v) is 5.57. The topological polar surface area (TPSA) is 75.6 Å². The molecule has 0 heterocycles. The van der Waals surface area contributed by atoms with Gasteiger partial charge in [0.25, 0.3) is 0 Å². The van der Waals surface area contributed by atoms with E-state index in [2.05, 4.69) is 21.2 Å². The van der Waals surface area contributed by atoms with Crippen molar-refractivity contribution in [1.82, 2.24) is 5.32 Å². The zero-order chi connectivity index (χ0) is 15.7. The number of ether oxygens (including phenoxy) is 1. The molecule has 0 aromatic heterocycles. The Bertz CT molecular complexity index is 461. The van der Waals surface area contributed by atoms with Gasteiger partial charge in [-0.2, -0.15) is 0 Å². The van der Waals surface area contributed by atoms with Crippen LogP contribution in [0.2, 0.25) is 0 Å². The van der Waals surface area contributed by atoms with Crippen LogP contribution in [0.25, 0.3) is 0 Å². The zero-order valence-electron chi connectivity index (χ0n) is 12.0. The molecular weight excluding hydrogens is 338 g/mol. The zero-order valence-corrected chi connectivity index (χ0v) is 13.6. The van der Waals surface area contributed by atoms with Gasteiger partial charge >= 0.3 is 5.97 Å². The van der Waals surface area contributed by atoms with E-state index >= 15 is 0 Å². The van der Waals surface area contributed by atoms with Crippen molar-refractivity contribution in [2.45, 2.75) is 26.2 Å². The Morgan fingerprint density at radius 2 is 2.00 bits per heavy atom. The maximum absolute atomic E-state index is 11.6. The molecule has 1 atom stereocenters. The van der Waals surface area contributed by atoms with Crippen molar-refractivity contribution >= 4 is 27.8 Å². The third kappa shape index (κ3) is 7.13. The van der Waals surface area contributed by atoms with Crippen LogP contribution < -0.4 is 10.1 Å². The van der Waals surface area contributed by atoms with Crippen LogP contribution in [0.1, 0.15) is 26.2 Å². The summed E-state index contributed by atoms with van der Waals surface area (Å²) in [6.45, 7) is 2.42. The number of hydrogen-bond donors (Lipinski definition) is 2. The fourth-order valence-corrected chi connectivity index (χ4v) is 1.95. The van der Waals surface area contributed by atoms with Crippen molar-refractivity contribution in [1.29, 1.82) is 0 Å². The lowest BCUT2D eigenvalue weighted by atomic mass is 10.1. The number of carbonyl (C=O) groups excluding carboxylic acids is 1. The predicted octanol–water partition coefficient (Wildman–Crippen LogP) is 2.84. The van der Waals surface area contributed by atoms with E-state index in [1.807, 2.05) is 24.3 Å². The molecule has 21 heavy (non-hydrogen) atoms. The minimum absolute atomic E-state index is 0.144. The van der Waals surface area contributed by atoms with Crippen LogP contribution in [-0.2, 0) is 9.59 Å². The average molecular weight is 358 g/mol. The van der Waals surface area contributed by atoms with Crippen molar-refractivity contribution in [2.75, 3.05) is 13.2 Å². The highest BCUT2D eigenvalue weighted by atomic mass is 79.9. The summed E-state index contributed by atoms with van der Waals surface area (Å²) in [6.07, 6.45) is 1.42. The summed E-state index contributed by atoms with van der Waals surface area (Å²) in [6, 6.07) is 7.48. The van der Waals surface area contributed by atoms with Gasteiger partial charge in [-0.1, -0.05) is 22.9 Å². The fraction of sp³-hybridized carbons (Fsp3) is 0.467. The van der Waals surface area contributed by atoms with Gasteiger partial charge in [0.15, 0.2) is 0 Å². The van der Waals surface area contributed by atoms with E-state index in [-0.39, 0.29) is 12.5 Å². The molecule has 116 valence electrons. The molecule has 2 N–H and O–H groups in total. The Kier molecular flexibility index (Phi) is 7.82. The molecule has 0 saturated carbocycles. The number of carboxylic acid groups (broad SMARTS) is 1. The van der Waals surface area contributed by atoms with Crippen molar-refractivity contribution in [3.05, 3.63) is 28.7 Å². The lowest BCUT2D eigenvalue weighted by Crippen LogP contribution is -2.32. The highest BCUT2D eigenvalue weighted by Gasteiger charge is 2.15. The summed E-state index contributed by atoms with van der Waals surface area (Å²) in [5.41, 5.74) is 0. The van der Waals surface area contributed by atoms with Crippen LogP contribution in [0, 0.1) is 5.92 Å². The van der Waals surface area contributed by atoms with Gasteiger partial charge in [-0.3, -0.25) is 9.59 Å². The number of amides is 1. The minimum atomic E-state index is -0.878. The fourth-order valence-electron chi connectivity index (χ4n) is 1.69. The monoisotopic (exact) mass is 357 g/mol. The molecule has 0 spiro atoms. The van der Waals surface area contributed by atoms with Crippen LogP contribution >= 0.6 is 15.9 Å². The minimum Gasteiger partial charge on any atom is -0.494 e. The Hall–Kier alpha value is -1.56. The molecule has 1 aromatic rings. The van der Waals surface area contributed by atoms with E-state index < -0.39 is 11.9 Å². The third-order valence-electron chi connectivity index (χ3n) is 3.02. The molecule has 0 aliphatic carbocycles. The normalized spacial score (nSPS) is 11.7. The number of halogens is 1. The smallest absolute Gasteiger partial charge is 0.308 e. The molecule has 0 radical (unpaired) electrons. The number of benzene rings is 1. The Balaban J connectivity index is 2.16. The third-order valence-corrected chi connectivity index (χ3v) is 3.55. The highest BCUT2D eigenvalue weighted by Crippen LogP contribution is 2.16. The van der Waals surface area contributed by atoms with Gasteiger partial charge in [0.2, 0.25) is 5.91 Å². The molecular formula is C15H20BrNO4. The Morgan fingerprint density at radius 1 is 1.33 bits per heavy atom. The van der Waals surface area contributed by atoms with Gasteiger partial charge in [0.05, 0.1) is 12.5 Å². The summed E-state index contributed by atoms with van der Waals surface area (Å²) < 4.78 is 6.49. The molecule has 0 aliphatic heterocycles. The first-order valence-electron chi connectivity index (χ1n) is 6.90. The molecule has 1 aromatic carbocycles. The van der Waals surface area contributed by atoms with Crippen LogP contribution in [0.4, 0.5) is 0 Å². The Morgan fingerprint density at radius 3 is 2.57 bits per heavy atom.